The third-order valence-electron chi connectivity index (χ3n) is 6.00. The van der Waals surface area contributed by atoms with Crippen molar-refractivity contribution in [3.63, 3.8) is 0 Å². The lowest BCUT2D eigenvalue weighted by atomic mass is 9.89. The third kappa shape index (κ3) is 6.91. The molecule has 0 aromatic heterocycles. The third-order valence-corrected chi connectivity index (χ3v) is 7.23. The number of anilines is 1. The van der Waals surface area contributed by atoms with Gasteiger partial charge in [0.2, 0.25) is 5.91 Å². The minimum atomic E-state index is 0. The molecule has 2 aromatic carbocycles. The summed E-state index contributed by atoms with van der Waals surface area (Å²) in [6.45, 7) is 0.934. The molecule has 2 aliphatic rings. The van der Waals surface area contributed by atoms with E-state index in [0.717, 1.165) is 40.6 Å². The summed E-state index contributed by atoms with van der Waals surface area (Å²) in [5, 5.41) is 4.10. The minimum Gasteiger partial charge on any atom is -0.457 e. The maximum Gasteiger partial charge on any atom is 0.226 e. The van der Waals surface area contributed by atoms with E-state index in [4.69, 9.17) is 9.73 Å². The van der Waals surface area contributed by atoms with Crippen LogP contribution in [0.4, 0.5) is 5.69 Å². The van der Waals surface area contributed by atoms with Gasteiger partial charge in [0.1, 0.15) is 11.5 Å². The summed E-state index contributed by atoms with van der Waals surface area (Å²) in [4.78, 5) is 19.6. The SMILES string of the molecule is CN1/C(=N\CC2CCCCC2)SCC1CC(=O)Nc1ccc(Oc2ccccc2)cc1.Cl. The highest BCUT2D eigenvalue weighted by Crippen LogP contribution is 2.28. The van der Waals surface area contributed by atoms with Crippen LogP contribution >= 0.6 is 24.2 Å². The van der Waals surface area contributed by atoms with E-state index in [0.29, 0.717) is 6.42 Å². The van der Waals surface area contributed by atoms with Crippen molar-refractivity contribution < 1.29 is 9.53 Å². The molecule has 1 N–H and O–H groups in total. The van der Waals surface area contributed by atoms with Gasteiger partial charge in [-0.3, -0.25) is 9.79 Å². The first-order valence-electron chi connectivity index (χ1n) is 11.2. The zero-order valence-electron chi connectivity index (χ0n) is 18.5. The molecule has 1 saturated heterocycles. The van der Waals surface area contributed by atoms with Crippen molar-refractivity contribution >= 4 is 40.9 Å². The van der Waals surface area contributed by atoms with Crippen molar-refractivity contribution in [2.75, 3.05) is 24.7 Å². The Morgan fingerprint density at radius 2 is 1.75 bits per heavy atom. The topological polar surface area (TPSA) is 53.9 Å². The fourth-order valence-corrected chi connectivity index (χ4v) is 5.33. The number of nitrogens with one attached hydrogen (secondary N) is 1. The molecule has 0 bridgehead atoms. The predicted molar refractivity (Wildman–Crippen MR) is 136 cm³/mol. The molecule has 2 aromatic rings. The van der Waals surface area contributed by atoms with Crippen molar-refractivity contribution in [3.8, 4) is 11.5 Å². The number of ether oxygens (including phenoxy) is 1. The zero-order chi connectivity index (χ0) is 21.5. The molecule has 7 heteroatoms. The number of amides is 1. The average Bonchev–Trinajstić information content (AvgIpc) is 3.14. The first-order valence-corrected chi connectivity index (χ1v) is 12.2. The van der Waals surface area contributed by atoms with Gasteiger partial charge in [-0.25, -0.2) is 0 Å². The molecule has 1 atom stereocenters. The summed E-state index contributed by atoms with van der Waals surface area (Å²) in [7, 11) is 2.06. The largest absolute Gasteiger partial charge is 0.457 e. The molecule has 4 rings (SSSR count). The van der Waals surface area contributed by atoms with Crippen molar-refractivity contribution in [2.24, 2.45) is 10.9 Å². The van der Waals surface area contributed by atoms with Crippen LogP contribution in [0, 0.1) is 5.92 Å². The zero-order valence-corrected chi connectivity index (χ0v) is 20.2. The molecule has 1 amide bonds. The number of amidine groups is 1. The van der Waals surface area contributed by atoms with E-state index in [1.807, 2.05) is 54.6 Å². The number of nitrogens with zero attached hydrogens (tertiary/aromatic N) is 2. The maximum atomic E-state index is 12.6. The van der Waals surface area contributed by atoms with Gasteiger partial charge in [0.15, 0.2) is 5.17 Å². The van der Waals surface area contributed by atoms with Crippen LogP contribution in [0.15, 0.2) is 59.6 Å². The maximum absolute atomic E-state index is 12.6. The van der Waals surface area contributed by atoms with Gasteiger partial charge in [-0.05, 0) is 55.2 Å². The van der Waals surface area contributed by atoms with Crippen molar-refractivity contribution in [3.05, 3.63) is 54.6 Å². The van der Waals surface area contributed by atoms with E-state index in [1.165, 1.54) is 32.1 Å². The van der Waals surface area contributed by atoms with Gasteiger partial charge in [-0.1, -0.05) is 49.2 Å². The molecule has 172 valence electrons. The molecule has 1 saturated carbocycles. The monoisotopic (exact) mass is 473 g/mol. The number of para-hydroxylation sites is 1. The highest BCUT2D eigenvalue weighted by Gasteiger charge is 2.29. The fraction of sp³-hybridized carbons (Fsp3) is 0.440. The second-order valence-electron chi connectivity index (χ2n) is 8.39. The number of carbonyl (C=O) groups excluding carboxylic acids is 1. The Morgan fingerprint density at radius 3 is 2.47 bits per heavy atom. The Labute approximate surface area is 201 Å². The summed E-state index contributed by atoms with van der Waals surface area (Å²) in [5.41, 5.74) is 0.782. The van der Waals surface area contributed by atoms with E-state index in [1.54, 1.807) is 11.8 Å². The van der Waals surface area contributed by atoms with Gasteiger partial charge in [-0.2, -0.15) is 0 Å². The smallest absolute Gasteiger partial charge is 0.226 e. The van der Waals surface area contributed by atoms with Crippen LogP contribution in [0.2, 0.25) is 0 Å². The standard InChI is InChI=1S/C25H31N3O2S.ClH/c1-28-21(18-31-25(28)26-17-19-8-4-2-5-9-19)16-24(29)27-20-12-14-23(15-13-20)30-22-10-6-3-7-11-22;/h3,6-7,10-15,19,21H,2,4-5,8-9,16-18H2,1H3,(H,27,29);1H/b26-25+;. The number of benzene rings is 2. The number of halogens is 1. The van der Waals surface area contributed by atoms with Gasteiger partial charge < -0.3 is 15.0 Å². The Kier molecular flexibility index (Phi) is 9.30. The lowest BCUT2D eigenvalue weighted by molar-refractivity contribution is -0.116. The molecule has 1 unspecified atom stereocenters. The summed E-state index contributed by atoms with van der Waals surface area (Å²) in [6, 6.07) is 17.3. The van der Waals surface area contributed by atoms with E-state index in [9.17, 15) is 4.79 Å². The molecule has 1 heterocycles. The van der Waals surface area contributed by atoms with Gasteiger partial charge in [0.25, 0.3) is 0 Å². The molecule has 1 aliphatic heterocycles. The molecule has 1 aliphatic carbocycles. The highest BCUT2D eigenvalue weighted by molar-refractivity contribution is 8.14. The van der Waals surface area contributed by atoms with Crippen LogP contribution in [0.1, 0.15) is 38.5 Å². The van der Waals surface area contributed by atoms with Crippen molar-refractivity contribution in [1.29, 1.82) is 0 Å². The van der Waals surface area contributed by atoms with E-state index in [2.05, 4.69) is 17.3 Å². The van der Waals surface area contributed by atoms with E-state index in [-0.39, 0.29) is 24.4 Å². The second kappa shape index (κ2) is 12.2. The first-order chi connectivity index (χ1) is 15.2. The summed E-state index contributed by atoms with van der Waals surface area (Å²) in [6.07, 6.45) is 7.16. The summed E-state index contributed by atoms with van der Waals surface area (Å²) >= 11 is 1.78. The lowest BCUT2D eigenvalue weighted by Gasteiger charge is -2.22. The molecule has 5 nitrogen and oxygen atoms in total. The number of carbonyl (C=O) groups is 1. The number of rotatable bonds is 7. The van der Waals surface area contributed by atoms with E-state index >= 15 is 0 Å². The number of thioether (sulfide) groups is 1. The lowest BCUT2D eigenvalue weighted by Crippen LogP contribution is -2.33. The highest BCUT2D eigenvalue weighted by atomic mass is 35.5. The molecular weight excluding hydrogens is 442 g/mol. The van der Waals surface area contributed by atoms with E-state index < -0.39 is 0 Å². The van der Waals surface area contributed by atoms with Crippen LogP contribution in [-0.2, 0) is 4.79 Å². The number of hydrogen-bond acceptors (Lipinski definition) is 4. The molecule has 32 heavy (non-hydrogen) atoms. The average molecular weight is 474 g/mol. The van der Waals surface area contributed by atoms with Crippen LogP contribution in [0.3, 0.4) is 0 Å². The molecular formula is C25H32ClN3O2S. The minimum absolute atomic E-state index is 0. The fourth-order valence-electron chi connectivity index (χ4n) is 4.13. The summed E-state index contributed by atoms with van der Waals surface area (Å²) < 4.78 is 5.80. The number of hydrogen-bond donors (Lipinski definition) is 1. The molecule has 2 fully saturated rings. The van der Waals surface area contributed by atoms with Crippen molar-refractivity contribution in [1.82, 2.24) is 4.90 Å². The quantitative estimate of drug-likeness (QED) is 0.519. The van der Waals surface area contributed by atoms with Crippen LogP contribution < -0.4 is 10.1 Å². The Bertz CT molecular complexity index is 886. The van der Waals surface area contributed by atoms with Gasteiger partial charge in [0, 0.05) is 37.5 Å². The Morgan fingerprint density at radius 1 is 1.06 bits per heavy atom. The number of aliphatic imine (C=N–C) groups is 1. The van der Waals surface area contributed by atoms with Gasteiger partial charge in [0.05, 0.1) is 0 Å². The molecule has 0 radical (unpaired) electrons. The summed E-state index contributed by atoms with van der Waals surface area (Å²) in [5.74, 6) is 3.23. The van der Waals surface area contributed by atoms with Crippen LogP contribution in [-0.4, -0.2) is 41.4 Å². The predicted octanol–water partition coefficient (Wildman–Crippen LogP) is 6.21. The first kappa shape index (κ1) is 24.5. The van der Waals surface area contributed by atoms with Crippen LogP contribution in [0.25, 0.3) is 0 Å². The normalized spacial score (nSPS) is 20.1. The second-order valence-corrected chi connectivity index (χ2v) is 9.38. The Hall–Kier alpha value is -2.18. The van der Waals surface area contributed by atoms with Gasteiger partial charge >= 0.3 is 0 Å². The van der Waals surface area contributed by atoms with Crippen molar-refractivity contribution in [2.45, 2.75) is 44.6 Å². The van der Waals surface area contributed by atoms with Crippen LogP contribution in [0.5, 0.6) is 11.5 Å². The Balaban J connectivity index is 0.00000289. The molecule has 0 spiro atoms. The van der Waals surface area contributed by atoms with Gasteiger partial charge in [-0.15, -0.1) is 12.4 Å².